The van der Waals surface area contributed by atoms with Crippen LogP contribution in [0.3, 0.4) is 0 Å². The molecule has 2 aromatic rings. The van der Waals surface area contributed by atoms with Crippen LogP contribution in [-0.2, 0) is 4.79 Å². The number of nitrogens with one attached hydrogen (secondary N) is 1. The second-order valence-electron chi connectivity index (χ2n) is 6.55. The van der Waals surface area contributed by atoms with Crippen LogP contribution in [0.4, 0.5) is 13.9 Å². The maximum absolute atomic E-state index is 13.3. The molecule has 0 spiro atoms. The van der Waals surface area contributed by atoms with Gasteiger partial charge in [-0.05, 0) is 57.0 Å². The highest BCUT2D eigenvalue weighted by atomic mass is 32.1. The summed E-state index contributed by atoms with van der Waals surface area (Å²) in [6, 6.07) is 3.43. The molecule has 25 heavy (non-hydrogen) atoms. The molecule has 0 radical (unpaired) electrons. The highest BCUT2D eigenvalue weighted by Gasteiger charge is 2.25. The molecule has 1 aliphatic rings. The number of nitrogens with zero attached hydrogens (tertiary/aromatic N) is 2. The Morgan fingerprint density at radius 2 is 2.04 bits per heavy atom. The van der Waals surface area contributed by atoms with Gasteiger partial charge in [-0.25, -0.2) is 13.8 Å². The van der Waals surface area contributed by atoms with Crippen LogP contribution < -0.4 is 5.32 Å². The van der Waals surface area contributed by atoms with E-state index in [0.29, 0.717) is 22.3 Å². The number of halogens is 2. The number of likely N-dealkylation sites (tertiary alicyclic amines) is 1. The van der Waals surface area contributed by atoms with E-state index in [1.54, 1.807) is 5.38 Å². The first kappa shape index (κ1) is 17.9. The van der Waals surface area contributed by atoms with Crippen molar-refractivity contribution in [3.05, 3.63) is 35.2 Å². The van der Waals surface area contributed by atoms with Crippen molar-refractivity contribution in [1.82, 2.24) is 9.88 Å². The lowest BCUT2D eigenvalue weighted by molar-refractivity contribution is -0.121. The Balaban J connectivity index is 1.64. The molecule has 1 aliphatic heterocycles. The van der Waals surface area contributed by atoms with E-state index in [0.717, 1.165) is 38.1 Å². The number of carbonyl (C=O) groups is 1. The van der Waals surface area contributed by atoms with Gasteiger partial charge < -0.3 is 5.32 Å². The third-order valence-electron chi connectivity index (χ3n) is 4.70. The lowest BCUT2D eigenvalue weighted by Gasteiger charge is -2.33. The van der Waals surface area contributed by atoms with Gasteiger partial charge >= 0.3 is 0 Å². The first-order chi connectivity index (χ1) is 11.9. The van der Waals surface area contributed by atoms with Crippen LogP contribution in [0.25, 0.3) is 11.3 Å². The van der Waals surface area contributed by atoms with Gasteiger partial charge in [0, 0.05) is 10.9 Å². The van der Waals surface area contributed by atoms with Gasteiger partial charge in [-0.1, -0.05) is 6.92 Å². The Morgan fingerprint density at radius 1 is 1.32 bits per heavy atom. The quantitative estimate of drug-likeness (QED) is 0.885. The summed E-state index contributed by atoms with van der Waals surface area (Å²) in [5.41, 5.74) is 0.993. The van der Waals surface area contributed by atoms with Gasteiger partial charge in [-0.2, -0.15) is 0 Å². The molecule has 134 valence electrons. The highest BCUT2D eigenvalue weighted by molar-refractivity contribution is 7.14. The fraction of sp³-hybridized carbons (Fsp3) is 0.444. The summed E-state index contributed by atoms with van der Waals surface area (Å²) >= 11 is 1.27. The molecule has 3 rings (SSSR count). The van der Waals surface area contributed by atoms with Crippen LogP contribution in [0.5, 0.6) is 0 Å². The van der Waals surface area contributed by atoms with Crippen LogP contribution in [0.2, 0.25) is 0 Å². The van der Waals surface area contributed by atoms with Crippen molar-refractivity contribution in [2.75, 3.05) is 18.4 Å². The highest BCUT2D eigenvalue weighted by Crippen LogP contribution is 2.26. The normalized spacial score (nSPS) is 17.4. The van der Waals surface area contributed by atoms with Crippen LogP contribution in [0.15, 0.2) is 23.6 Å². The summed E-state index contributed by atoms with van der Waals surface area (Å²) in [7, 11) is 0. The number of hydrogen-bond donors (Lipinski definition) is 1. The Labute approximate surface area is 149 Å². The first-order valence-corrected chi connectivity index (χ1v) is 9.28. The number of aromatic nitrogens is 1. The molecule has 1 fully saturated rings. The summed E-state index contributed by atoms with van der Waals surface area (Å²) in [6.07, 6.45) is 2.21. The second-order valence-corrected chi connectivity index (χ2v) is 7.41. The molecule has 7 heteroatoms. The van der Waals surface area contributed by atoms with Crippen LogP contribution in [0.1, 0.15) is 26.7 Å². The molecule has 1 aromatic heterocycles. The van der Waals surface area contributed by atoms with E-state index < -0.39 is 11.6 Å². The Morgan fingerprint density at radius 3 is 2.72 bits per heavy atom. The van der Waals surface area contributed by atoms with Gasteiger partial charge in [0.2, 0.25) is 5.91 Å². The molecule has 2 heterocycles. The van der Waals surface area contributed by atoms with Gasteiger partial charge in [0.25, 0.3) is 0 Å². The smallest absolute Gasteiger partial charge is 0.243 e. The lowest BCUT2D eigenvalue weighted by Crippen LogP contribution is -2.45. The zero-order valence-corrected chi connectivity index (χ0v) is 15.1. The fourth-order valence-corrected chi connectivity index (χ4v) is 3.63. The van der Waals surface area contributed by atoms with Crippen LogP contribution >= 0.6 is 11.3 Å². The molecule has 0 bridgehead atoms. The van der Waals surface area contributed by atoms with E-state index in [4.69, 9.17) is 0 Å². The Kier molecular flexibility index (Phi) is 5.44. The summed E-state index contributed by atoms with van der Waals surface area (Å²) in [5, 5.41) is 5.00. The Hall–Kier alpha value is -1.86. The molecule has 1 atom stereocenters. The van der Waals surface area contributed by atoms with E-state index in [1.807, 2.05) is 6.92 Å². The standard InChI is InChI=1S/C18H21F2N3OS/c1-11-5-7-23(8-6-11)12(2)17(24)22-18-21-16(10-25-18)13-3-4-14(19)15(20)9-13/h3-4,9-12H,5-8H2,1-2H3,(H,21,22,24)/t12-/m0/s1. The SMILES string of the molecule is CC1CCN([C@@H](C)C(=O)Nc2nc(-c3ccc(F)c(F)c3)cs2)CC1. The maximum atomic E-state index is 13.3. The van der Waals surface area contributed by atoms with Crippen LogP contribution in [0, 0.1) is 17.6 Å². The summed E-state index contributed by atoms with van der Waals surface area (Å²) in [5.74, 6) is -1.19. The molecule has 4 nitrogen and oxygen atoms in total. The monoisotopic (exact) mass is 365 g/mol. The van der Waals surface area contributed by atoms with Crippen molar-refractivity contribution < 1.29 is 13.6 Å². The summed E-state index contributed by atoms with van der Waals surface area (Å²) in [4.78, 5) is 18.9. The second kappa shape index (κ2) is 7.58. The topological polar surface area (TPSA) is 45.2 Å². The van der Waals surface area contributed by atoms with E-state index in [9.17, 15) is 13.6 Å². The zero-order chi connectivity index (χ0) is 18.0. The van der Waals surface area contributed by atoms with Gasteiger partial charge in [-0.3, -0.25) is 9.69 Å². The summed E-state index contributed by atoms with van der Waals surface area (Å²) < 4.78 is 26.4. The molecule has 1 N–H and O–H groups in total. The molecule has 1 amide bonds. The molecule has 0 saturated carbocycles. The average Bonchev–Trinajstić information content (AvgIpc) is 3.06. The number of amides is 1. The number of anilines is 1. The number of hydrogen-bond acceptors (Lipinski definition) is 4. The number of rotatable bonds is 4. The van der Waals surface area contributed by atoms with Gasteiger partial charge in [0.15, 0.2) is 16.8 Å². The minimum absolute atomic E-state index is 0.0965. The average molecular weight is 365 g/mol. The minimum Gasteiger partial charge on any atom is -0.301 e. The van der Waals surface area contributed by atoms with E-state index in [2.05, 4.69) is 22.1 Å². The first-order valence-electron chi connectivity index (χ1n) is 8.40. The van der Waals surface area contributed by atoms with Crippen LogP contribution in [-0.4, -0.2) is 34.9 Å². The molecule has 0 aliphatic carbocycles. The van der Waals surface area contributed by atoms with E-state index in [1.165, 1.54) is 17.4 Å². The molecule has 1 aromatic carbocycles. The van der Waals surface area contributed by atoms with Crippen molar-refractivity contribution >= 4 is 22.4 Å². The van der Waals surface area contributed by atoms with Crippen molar-refractivity contribution in [2.24, 2.45) is 5.92 Å². The van der Waals surface area contributed by atoms with Crippen molar-refractivity contribution in [1.29, 1.82) is 0 Å². The largest absolute Gasteiger partial charge is 0.301 e. The molecular weight excluding hydrogens is 344 g/mol. The molecule has 1 saturated heterocycles. The zero-order valence-electron chi connectivity index (χ0n) is 14.3. The van der Waals surface area contributed by atoms with Gasteiger partial charge in [0.05, 0.1) is 11.7 Å². The van der Waals surface area contributed by atoms with Gasteiger partial charge in [0.1, 0.15) is 0 Å². The number of benzene rings is 1. The summed E-state index contributed by atoms with van der Waals surface area (Å²) in [6.45, 7) is 5.98. The molecule has 0 unspecified atom stereocenters. The molecular formula is C18H21F2N3OS. The maximum Gasteiger partial charge on any atom is 0.243 e. The fourth-order valence-electron chi connectivity index (χ4n) is 2.91. The minimum atomic E-state index is -0.913. The number of piperidine rings is 1. The van der Waals surface area contributed by atoms with Crippen molar-refractivity contribution in [3.8, 4) is 11.3 Å². The number of thiazole rings is 1. The third-order valence-corrected chi connectivity index (χ3v) is 5.45. The van der Waals surface area contributed by atoms with E-state index >= 15 is 0 Å². The number of carbonyl (C=O) groups excluding carboxylic acids is 1. The predicted molar refractivity (Wildman–Crippen MR) is 95.5 cm³/mol. The third kappa shape index (κ3) is 4.22. The lowest BCUT2D eigenvalue weighted by atomic mass is 9.98. The predicted octanol–water partition coefficient (Wildman–Crippen LogP) is 4.15. The van der Waals surface area contributed by atoms with Crippen molar-refractivity contribution in [3.63, 3.8) is 0 Å². The Bertz CT molecular complexity index is 757. The van der Waals surface area contributed by atoms with Gasteiger partial charge in [-0.15, -0.1) is 11.3 Å². The van der Waals surface area contributed by atoms with E-state index in [-0.39, 0.29) is 11.9 Å². The van der Waals surface area contributed by atoms with Crippen molar-refractivity contribution in [2.45, 2.75) is 32.7 Å².